The van der Waals surface area contributed by atoms with Crippen molar-refractivity contribution in [2.45, 2.75) is 136 Å². The van der Waals surface area contributed by atoms with Crippen molar-refractivity contribution < 1.29 is 63.6 Å². The van der Waals surface area contributed by atoms with Crippen molar-refractivity contribution in [2.75, 3.05) is 6.61 Å². The molecular formula is C34H61N9O13. The Bertz CT molecular complexity index is 1410. The Balaban J connectivity index is 5.91. The number of carbonyl (C=O) groups excluding carboxylic acids is 8. The lowest BCUT2D eigenvalue weighted by Crippen LogP contribution is -2.63. The summed E-state index contributed by atoms with van der Waals surface area (Å²) < 4.78 is 0. The number of carboxylic acid groups (broad SMARTS) is 1. The lowest BCUT2D eigenvalue weighted by atomic mass is 9.97. The molecule has 0 aliphatic heterocycles. The molecule has 320 valence electrons. The summed E-state index contributed by atoms with van der Waals surface area (Å²) in [6.07, 6.45) is -3.09. The third-order valence-corrected chi connectivity index (χ3v) is 8.76. The van der Waals surface area contributed by atoms with Crippen molar-refractivity contribution >= 4 is 53.2 Å². The highest BCUT2D eigenvalue weighted by molar-refractivity contribution is 5.98. The van der Waals surface area contributed by atoms with Gasteiger partial charge < -0.3 is 69.1 Å². The first-order valence-electron chi connectivity index (χ1n) is 18.2. The van der Waals surface area contributed by atoms with Crippen LogP contribution in [-0.4, -0.2) is 141 Å². The average molecular weight is 804 g/mol. The second kappa shape index (κ2) is 23.9. The summed E-state index contributed by atoms with van der Waals surface area (Å²) in [5.41, 5.74) is 10.9. The molecule has 22 heteroatoms. The monoisotopic (exact) mass is 803 g/mol. The van der Waals surface area contributed by atoms with Gasteiger partial charge in [-0.25, -0.2) is 4.79 Å². The Morgan fingerprint density at radius 2 is 0.964 bits per heavy atom. The molecule has 0 unspecified atom stereocenters. The van der Waals surface area contributed by atoms with Gasteiger partial charge in [0.1, 0.15) is 48.3 Å². The quantitative estimate of drug-likeness (QED) is 0.0434. The molecule has 22 nitrogen and oxygen atoms in total. The predicted octanol–water partition coefficient (Wildman–Crippen LogP) is -5.20. The molecule has 11 atom stereocenters. The number of nitrogens with two attached hydrogens (primary N) is 2. The summed E-state index contributed by atoms with van der Waals surface area (Å²) in [4.78, 5) is 115. The molecule has 0 bridgehead atoms. The van der Waals surface area contributed by atoms with E-state index in [-0.39, 0.29) is 0 Å². The molecule has 0 rings (SSSR count). The maximum Gasteiger partial charge on any atom is 0.326 e. The van der Waals surface area contributed by atoms with E-state index in [1.165, 1.54) is 48.5 Å². The highest BCUT2D eigenvalue weighted by Crippen LogP contribution is 2.10. The van der Waals surface area contributed by atoms with E-state index in [0.29, 0.717) is 6.42 Å². The smallest absolute Gasteiger partial charge is 0.326 e. The molecule has 0 aromatic heterocycles. The lowest BCUT2D eigenvalue weighted by Gasteiger charge is -2.29. The van der Waals surface area contributed by atoms with E-state index in [2.05, 4.69) is 37.2 Å². The van der Waals surface area contributed by atoms with Gasteiger partial charge in [-0.05, 0) is 38.5 Å². The predicted molar refractivity (Wildman–Crippen MR) is 198 cm³/mol. The van der Waals surface area contributed by atoms with Crippen LogP contribution in [-0.2, 0) is 43.2 Å². The van der Waals surface area contributed by atoms with Crippen LogP contribution in [0, 0.1) is 17.8 Å². The molecule has 0 aromatic rings. The highest BCUT2D eigenvalue weighted by atomic mass is 16.4. The van der Waals surface area contributed by atoms with Gasteiger partial charge in [0.05, 0.1) is 25.2 Å². The molecule has 0 aliphatic rings. The number of rotatable bonds is 24. The number of hydrogen-bond acceptors (Lipinski definition) is 13. The fourth-order valence-corrected chi connectivity index (χ4v) is 4.91. The van der Waals surface area contributed by atoms with Crippen molar-refractivity contribution in [2.24, 2.45) is 29.2 Å². The molecular weight excluding hydrogens is 742 g/mol. The van der Waals surface area contributed by atoms with Gasteiger partial charge in [0.15, 0.2) is 0 Å². The first-order chi connectivity index (χ1) is 25.8. The normalized spacial score (nSPS) is 17.2. The molecule has 0 heterocycles. The zero-order valence-corrected chi connectivity index (χ0v) is 33.2. The number of carboxylic acids is 1. The molecule has 0 radical (unpaired) electrons. The van der Waals surface area contributed by atoms with Crippen molar-refractivity contribution in [1.82, 2.24) is 37.2 Å². The number of amides is 8. The van der Waals surface area contributed by atoms with E-state index in [1.807, 2.05) is 0 Å². The molecule has 15 N–H and O–H groups in total. The van der Waals surface area contributed by atoms with E-state index < -0.39 is 145 Å². The standard InChI is InChI=1S/C34H61N9O13/c1-10-15(6)25(42-30(51)22(36)17(8)45)32(53)37-16(7)27(48)43-26(18(9)46)33(54)40-23(13(2)3)31(52)39-20(12-44)29(50)38-19(11-21(35)47)28(49)41-24(14(4)5)34(55)56/h13-20,22-26,44-46H,10-12,36H2,1-9H3,(H2,35,47)(H,37,53)(H,38,50)(H,39,52)(H,40,54)(H,41,49)(H,42,51)(H,43,48)(H,55,56)/t15-,16-,17+,18+,19-,20-,22-,23-,24-,25-,26-/m0/s1. The van der Waals surface area contributed by atoms with Crippen molar-refractivity contribution in [1.29, 1.82) is 0 Å². The van der Waals surface area contributed by atoms with Crippen LogP contribution in [0.5, 0.6) is 0 Å². The van der Waals surface area contributed by atoms with Crippen LogP contribution < -0.4 is 48.7 Å². The van der Waals surface area contributed by atoms with Crippen LogP contribution in [0.15, 0.2) is 0 Å². The molecule has 0 aromatic carbocycles. The maximum atomic E-state index is 13.4. The van der Waals surface area contributed by atoms with Crippen LogP contribution >= 0.6 is 0 Å². The molecule has 0 spiro atoms. The first kappa shape index (κ1) is 51.1. The van der Waals surface area contributed by atoms with E-state index >= 15 is 0 Å². The van der Waals surface area contributed by atoms with Crippen LogP contribution in [0.2, 0.25) is 0 Å². The topological polar surface area (TPSA) is 371 Å². The van der Waals surface area contributed by atoms with Gasteiger partial charge in [0.25, 0.3) is 0 Å². The second-order valence-electron chi connectivity index (χ2n) is 14.4. The maximum absolute atomic E-state index is 13.4. The highest BCUT2D eigenvalue weighted by Gasteiger charge is 2.36. The number of aliphatic hydroxyl groups excluding tert-OH is 3. The average Bonchev–Trinajstić information content (AvgIpc) is 3.10. The van der Waals surface area contributed by atoms with E-state index in [1.54, 1.807) is 13.8 Å². The Hall–Kier alpha value is -4.93. The van der Waals surface area contributed by atoms with Crippen molar-refractivity contribution in [3.8, 4) is 0 Å². The largest absolute Gasteiger partial charge is 0.480 e. The minimum absolute atomic E-state index is 0.431. The molecule has 0 fully saturated rings. The Morgan fingerprint density at radius 1 is 0.536 bits per heavy atom. The summed E-state index contributed by atoms with van der Waals surface area (Å²) in [5.74, 6) is -11.0. The minimum Gasteiger partial charge on any atom is -0.480 e. The number of primary amides is 1. The second-order valence-corrected chi connectivity index (χ2v) is 14.4. The van der Waals surface area contributed by atoms with Gasteiger partial charge in [-0.3, -0.25) is 38.4 Å². The molecule has 0 saturated heterocycles. The van der Waals surface area contributed by atoms with Gasteiger partial charge in [0.2, 0.25) is 47.3 Å². The Labute approximate surface area is 325 Å². The van der Waals surface area contributed by atoms with Crippen molar-refractivity contribution in [3.63, 3.8) is 0 Å². The van der Waals surface area contributed by atoms with E-state index in [4.69, 9.17) is 11.5 Å². The van der Waals surface area contributed by atoms with E-state index in [0.717, 1.165) is 0 Å². The molecule has 0 saturated carbocycles. The Morgan fingerprint density at radius 3 is 1.39 bits per heavy atom. The van der Waals surface area contributed by atoms with E-state index in [9.17, 15) is 63.6 Å². The summed E-state index contributed by atoms with van der Waals surface area (Å²) in [6.45, 7) is 12.2. The zero-order chi connectivity index (χ0) is 43.8. The summed E-state index contributed by atoms with van der Waals surface area (Å²) >= 11 is 0. The zero-order valence-electron chi connectivity index (χ0n) is 33.2. The number of nitrogens with one attached hydrogen (secondary N) is 7. The van der Waals surface area contributed by atoms with Gasteiger partial charge in [-0.2, -0.15) is 0 Å². The number of carbonyl (C=O) groups is 9. The fourth-order valence-electron chi connectivity index (χ4n) is 4.91. The van der Waals surface area contributed by atoms with Crippen molar-refractivity contribution in [3.05, 3.63) is 0 Å². The van der Waals surface area contributed by atoms with Gasteiger partial charge in [-0.15, -0.1) is 0 Å². The van der Waals surface area contributed by atoms with Crippen LogP contribution in [0.4, 0.5) is 0 Å². The van der Waals surface area contributed by atoms with Crippen LogP contribution in [0.1, 0.15) is 75.2 Å². The number of hydrogen-bond donors (Lipinski definition) is 13. The first-order valence-corrected chi connectivity index (χ1v) is 18.2. The molecule has 56 heavy (non-hydrogen) atoms. The number of aliphatic hydroxyl groups is 3. The third-order valence-electron chi connectivity index (χ3n) is 8.76. The van der Waals surface area contributed by atoms with Crippen LogP contribution in [0.25, 0.3) is 0 Å². The molecule has 8 amide bonds. The van der Waals surface area contributed by atoms with Gasteiger partial charge in [-0.1, -0.05) is 48.0 Å². The third kappa shape index (κ3) is 16.4. The summed E-state index contributed by atoms with van der Waals surface area (Å²) in [5, 5.41) is 55.6. The minimum atomic E-state index is -1.76. The summed E-state index contributed by atoms with van der Waals surface area (Å²) in [7, 11) is 0. The van der Waals surface area contributed by atoms with Gasteiger partial charge in [0, 0.05) is 0 Å². The number of aliphatic carboxylic acids is 1. The fraction of sp³-hybridized carbons (Fsp3) is 0.735. The molecule has 0 aliphatic carbocycles. The summed E-state index contributed by atoms with van der Waals surface area (Å²) in [6, 6.07) is -11.8. The Kier molecular flexibility index (Phi) is 21.8. The lowest BCUT2D eigenvalue weighted by molar-refractivity contribution is -0.143. The van der Waals surface area contributed by atoms with Crippen LogP contribution in [0.3, 0.4) is 0 Å². The van der Waals surface area contributed by atoms with Gasteiger partial charge >= 0.3 is 5.97 Å². The SMILES string of the molecule is CC[C@H](C)[C@H](NC(=O)[C@@H](N)[C@@H](C)O)C(=O)N[C@@H](C)C(=O)N[C@H](C(=O)N[C@H](C(=O)N[C@@H](CO)C(=O)N[C@@H](CC(N)=O)C(=O)N[C@H](C(=O)O)C(C)C)C(C)C)[C@@H](C)O.